The Morgan fingerprint density at radius 3 is 2.22 bits per heavy atom. The van der Waals surface area contributed by atoms with Crippen LogP contribution in [0.3, 0.4) is 0 Å². The van der Waals surface area contributed by atoms with Crippen LogP contribution in [0, 0.1) is 5.92 Å². The molecule has 0 aliphatic carbocycles. The second kappa shape index (κ2) is 10.3. The number of hydrogen-bond donors (Lipinski definition) is 0. The van der Waals surface area contributed by atoms with Crippen LogP contribution in [0.25, 0.3) is 0 Å². The van der Waals surface area contributed by atoms with Crippen LogP contribution in [0.5, 0.6) is 0 Å². The van der Waals surface area contributed by atoms with Gasteiger partial charge in [0.25, 0.3) is 8.32 Å². The van der Waals surface area contributed by atoms with E-state index in [0.717, 1.165) is 23.0 Å². The van der Waals surface area contributed by atoms with Gasteiger partial charge in [0.15, 0.2) is 0 Å². The summed E-state index contributed by atoms with van der Waals surface area (Å²) in [7, 11) is 1.58. The molecule has 1 aliphatic rings. The molecule has 0 radical (unpaired) electrons. The van der Waals surface area contributed by atoms with E-state index < -0.39 is 8.32 Å². The molecule has 0 saturated heterocycles. The maximum atomic E-state index is 6.30. The molecule has 1 heterocycles. The van der Waals surface area contributed by atoms with Crippen molar-refractivity contribution in [2.75, 3.05) is 14.2 Å². The molecule has 5 nitrogen and oxygen atoms in total. The molecule has 0 spiro atoms. The van der Waals surface area contributed by atoms with Gasteiger partial charge in [0.05, 0.1) is 14.2 Å². The molecule has 0 aromatic rings. The monoisotopic (exact) mass is 508 g/mol. The van der Waals surface area contributed by atoms with Crippen LogP contribution in [0.2, 0.25) is 18.1 Å². The number of hydrogen-bond acceptors (Lipinski definition) is 5. The van der Waals surface area contributed by atoms with Gasteiger partial charge in [-0.05, 0) is 72.0 Å². The number of methoxy groups -OCH3 is 2. The highest BCUT2D eigenvalue weighted by Crippen LogP contribution is 2.38. The van der Waals surface area contributed by atoms with Crippen molar-refractivity contribution >= 4 is 42.7 Å². The summed E-state index contributed by atoms with van der Waals surface area (Å²) in [6.07, 6.45) is 5.01. The topological polar surface area (TPSA) is 52.4 Å². The highest BCUT2D eigenvalue weighted by molar-refractivity contribution is 14.1. The molecule has 1 aliphatic heterocycles. The Balaban J connectivity index is 2.65. The van der Waals surface area contributed by atoms with Gasteiger partial charge >= 0.3 is 0 Å². The van der Waals surface area contributed by atoms with Crippen LogP contribution in [-0.4, -0.2) is 46.4 Å². The molecule has 27 heavy (non-hydrogen) atoms. The molecule has 2 atom stereocenters. The van der Waals surface area contributed by atoms with Gasteiger partial charge in [-0.1, -0.05) is 34.6 Å². The van der Waals surface area contributed by atoms with E-state index in [1.807, 2.05) is 0 Å². The first-order valence-electron chi connectivity index (χ1n) is 9.71. The lowest BCUT2D eigenvalue weighted by Gasteiger charge is -2.36. The van der Waals surface area contributed by atoms with Crippen LogP contribution < -0.4 is 0 Å². The van der Waals surface area contributed by atoms with Crippen molar-refractivity contribution < 1.29 is 13.9 Å². The van der Waals surface area contributed by atoms with Crippen molar-refractivity contribution in [2.24, 2.45) is 15.9 Å². The number of ether oxygens (including phenoxy) is 2. The lowest BCUT2D eigenvalue weighted by Crippen LogP contribution is -2.39. The summed E-state index contributed by atoms with van der Waals surface area (Å²) in [5, 5.41) is 0.210. The van der Waals surface area contributed by atoms with E-state index in [9.17, 15) is 0 Å². The molecule has 0 N–H and O–H groups in total. The Labute approximate surface area is 180 Å². The van der Waals surface area contributed by atoms with E-state index in [0.29, 0.717) is 17.7 Å². The van der Waals surface area contributed by atoms with E-state index in [1.54, 1.807) is 14.2 Å². The van der Waals surface area contributed by atoms with Crippen LogP contribution in [0.1, 0.15) is 53.9 Å². The van der Waals surface area contributed by atoms with E-state index in [2.05, 4.69) is 76.4 Å². The number of aliphatic imine (C=N–C) groups is 2. The second-order valence-electron chi connectivity index (χ2n) is 8.85. The Morgan fingerprint density at radius 2 is 1.74 bits per heavy atom. The highest BCUT2D eigenvalue weighted by Gasteiger charge is 2.39. The summed E-state index contributed by atoms with van der Waals surface area (Å²) >= 11 is 2.31. The van der Waals surface area contributed by atoms with Gasteiger partial charge in [-0.2, -0.15) is 0 Å². The summed E-state index contributed by atoms with van der Waals surface area (Å²) in [6, 6.07) is -0.118. The predicted octanol–water partition coefficient (Wildman–Crippen LogP) is 5.95. The minimum atomic E-state index is -1.76. The smallest absolute Gasteiger partial charge is 0.251 e. The van der Waals surface area contributed by atoms with E-state index in [-0.39, 0.29) is 17.1 Å². The molecule has 0 bridgehead atoms. The molecule has 0 amide bonds. The molecule has 156 valence electrons. The van der Waals surface area contributed by atoms with Crippen LogP contribution >= 0.6 is 22.6 Å². The molecule has 0 unspecified atom stereocenters. The maximum absolute atomic E-state index is 6.30. The first-order chi connectivity index (χ1) is 12.4. The van der Waals surface area contributed by atoms with E-state index >= 15 is 0 Å². The maximum Gasteiger partial charge on any atom is 0.251 e. The molecular formula is C20H37IN2O3Si. The van der Waals surface area contributed by atoms with E-state index in [4.69, 9.17) is 23.9 Å². The fourth-order valence-corrected chi connectivity index (χ4v) is 5.35. The van der Waals surface area contributed by atoms with Gasteiger partial charge in [0, 0.05) is 0 Å². The average molecular weight is 509 g/mol. The minimum absolute atomic E-state index is 0.0555. The number of unbranched alkanes of at least 4 members (excludes halogenated alkanes) is 1. The van der Waals surface area contributed by atoms with Crippen molar-refractivity contribution in [3.8, 4) is 0 Å². The lowest BCUT2D eigenvalue weighted by atomic mass is 10.0. The van der Waals surface area contributed by atoms with Gasteiger partial charge in [0.2, 0.25) is 11.8 Å². The average Bonchev–Trinajstić information content (AvgIpc) is 2.56. The van der Waals surface area contributed by atoms with Crippen molar-refractivity contribution in [3.05, 3.63) is 9.84 Å². The van der Waals surface area contributed by atoms with Crippen molar-refractivity contribution in [1.29, 1.82) is 0 Å². The van der Waals surface area contributed by atoms with Crippen LogP contribution in [0.15, 0.2) is 19.8 Å². The Bertz CT molecular complexity index is 580. The fraction of sp³-hybridized carbons (Fsp3) is 0.800. The van der Waals surface area contributed by atoms with Gasteiger partial charge in [-0.3, -0.25) is 0 Å². The highest BCUT2D eigenvalue weighted by atomic mass is 127. The molecule has 1 rings (SSSR count). The quantitative estimate of drug-likeness (QED) is 0.185. The third kappa shape index (κ3) is 7.07. The molecule has 0 fully saturated rings. The summed E-state index contributed by atoms with van der Waals surface area (Å²) in [5.41, 5.74) is 0. The standard InChI is InChI=1S/C20H37IN2O3Si/c1-14(2)17-19(25-7)22-15(18(23-17)24-6)12-10-11-13-16(21)26-27(8,9)20(3,4)5/h13-15,17H,10-12H2,1-9H3/b16-13-/t15-,17+/m0/s1. The van der Waals surface area contributed by atoms with Gasteiger partial charge in [-0.25, -0.2) is 9.98 Å². The van der Waals surface area contributed by atoms with Crippen molar-refractivity contribution in [3.63, 3.8) is 0 Å². The van der Waals surface area contributed by atoms with Gasteiger partial charge in [-0.15, -0.1) is 0 Å². The number of rotatable bonds is 7. The largest absolute Gasteiger partial charge is 0.540 e. The van der Waals surface area contributed by atoms with Crippen molar-refractivity contribution in [1.82, 2.24) is 0 Å². The predicted molar refractivity (Wildman–Crippen MR) is 126 cm³/mol. The summed E-state index contributed by atoms with van der Waals surface area (Å²) in [6.45, 7) is 15.6. The van der Waals surface area contributed by atoms with Gasteiger partial charge < -0.3 is 13.9 Å². The molecule has 0 aromatic carbocycles. The molecule has 0 aromatic heterocycles. The Morgan fingerprint density at radius 1 is 1.15 bits per heavy atom. The third-order valence-electron chi connectivity index (χ3n) is 5.28. The number of nitrogens with zero attached hydrogens (tertiary/aromatic N) is 2. The zero-order valence-corrected chi connectivity index (χ0v) is 21.6. The second-order valence-corrected chi connectivity index (χ2v) is 14.6. The third-order valence-corrected chi connectivity index (χ3v) is 10.7. The van der Waals surface area contributed by atoms with Crippen LogP contribution in [-0.2, 0) is 13.9 Å². The lowest BCUT2D eigenvalue weighted by molar-refractivity contribution is 0.330. The normalized spacial score (nSPS) is 21.7. The summed E-state index contributed by atoms with van der Waals surface area (Å²) in [4.78, 5) is 9.48. The Kier molecular flexibility index (Phi) is 9.31. The minimum Gasteiger partial charge on any atom is -0.540 e. The number of halogens is 1. The molecule has 7 heteroatoms. The first kappa shape index (κ1) is 24.5. The van der Waals surface area contributed by atoms with Crippen molar-refractivity contribution in [2.45, 2.75) is 84.1 Å². The molecular weight excluding hydrogens is 471 g/mol. The Hall–Kier alpha value is -0.573. The number of allylic oxidation sites excluding steroid dienone is 1. The van der Waals surface area contributed by atoms with E-state index in [1.165, 1.54) is 0 Å². The SMILES string of the molecule is COC1=N[C@H](C(C)C)C(OC)=N[C@H]1CCC/C=C(/I)O[Si](C)(C)C(C)(C)C. The zero-order chi connectivity index (χ0) is 20.8. The fourth-order valence-electron chi connectivity index (χ4n) is 2.51. The summed E-state index contributed by atoms with van der Waals surface area (Å²) < 4.78 is 18.3. The first-order valence-corrected chi connectivity index (χ1v) is 13.7. The van der Waals surface area contributed by atoms with Crippen LogP contribution in [0.4, 0.5) is 0 Å². The van der Waals surface area contributed by atoms with Gasteiger partial charge in [0.1, 0.15) is 15.8 Å². The summed E-state index contributed by atoms with van der Waals surface area (Å²) in [5.74, 6) is 1.75. The zero-order valence-electron chi connectivity index (χ0n) is 18.4. The molecule has 0 saturated carbocycles.